The van der Waals surface area contributed by atoms with Crippen molar-refractivity contribution in [1.82, 2.24) is 0 Å². The Morgan fingerprint density at radius 2 is 1.95 bits per heavy atom. The van der Waals surface area contributed by atoms with Gasteiger partial charge >= 0.3 is 71.1 Å². The van der Waals surface area contributed by atoms with Crippen LogP contribution in [0, 0.1) is 0 Å². The van der Waals surface area contributed by atoms with E-state index >= 15 is 0 Å². The molecule has 2 N–H and O–H groups in total. The second-order valence-electron chi connectivity index (χ2n) is 4.46. The zero-order chi connectivity index (χ0) is 14.7. The van der Waals surface area contributed by atoms with Gasteiger partial charge in [-0.25, -0.2) is 0 Å². The summed E-state index contributed by atoms with van der Waals surface area (Å²) < 4.78 is 41.2. The summed E-state index contributed by atoms with van der Waals surface area (Å²) in [5, 5.41) is 6.44. The number of aliphatic carboxylic acids is 1. The third-order valence-corrected chi connectivity index (χ3v) is 4.80. The predicted octanol–water partition coefficient (Wildman–Crippen LogP) is -7.29. The molecule has 0 aromatic heterocycles. The summed E-state index contributed by atoms with van der Waals surface area (Å²) in [5.41, 5.74) is -1.14. The van der Waals surface area contributed by atoms with E-state index in [9.17, 15) is 18.0 Å². The van der Waals surface area contributed by atoms with Crippen LogP contribution in [-0.2, 0) is 29.2 Å². The quantitative estimate of drug-likeness (QED) is 0.281. The fraction of sp³-hybridized carbons (Fsp3) is 0.778. The number of rotatable bonds is 5. The van der Waals surface area contributed by atoms with Gasteiger partial charge in [-0.3, -0.25) is 14.1 Å². The molecule has 1 saturated heterocycles. The largest absolute Gasteiger partial charge is 1.00 e. The first kappa shape index (κ1) is 24.3. The second kappa shape index (κ2) is 10.0. The van der Waals surface area contributed by atoms with Crippen LogP contribution < -0.4 is 59.1 Å². The Kier molecular flexibility index (Phi) is 11.6. The molecule has 21 heavy (non-hydrogen) atoms. The smallest absolute Gasteiger partial charge is 1.00 e. The molecule has 8 nitrogen and oxygen atoms in total. The molecule has 0 radical (unpaired) electrons. The van der Waals surface area contributed by atoms with Crippen molar-refractivity contribution in [3.8, 4) is 0 Å². The molecule has 1 rings (SSSR count). The van der Waals surface area contributed by atoms with E-state index in [4.69, 9.17) is 19.1 Å². The van der Waals surface area contributed by atoms with Crippen LogP contribution in [0.2, 0.25) is 0 Å². The molecule has 114 valence electrons. The first-order chi connectivity index (χ1) is 8.64. The van der Waals surface area contributed by atoms with Crippen molar-refractivity contribution in [3.05, 3.63) is 0 Å². The Balaban J connectivity index is -0.000000451. The summed E-state index contributed by atoms with van der Waals surface area (Å²) in [4.78, 5) is 22.2. The van der Waals surface area contributed by atoms with E-state index in [1.54, 1.807) is 0 Å². The van der Waals surface area contributed by atoms with Gasteiger partial charge in [0.05, 0.1) is 23.3 Å². The van der Waals surface area contributed by atoms with E-state index in [1.165, 1.54) is 0 Å². The number of carboxylic acid groups (broad SMARTS) is 1. The standard InChI is InChI=1S/C9H16O8SSi.2Na.2H/c10-7(11)5-6(18(13,14)15)8(12)17-9(19)3-1-2-4-16-9;;;;/h6H,1-5H2,19H3,(H,10,11)(H,13,14,15);;;;/q;2*+1;2*-1. The van der Waals surface area contributed by atoms with Gasteiger partial charge in [0.2, 0.25) is 0 Å². The molecule has 1 fully saturated rings. The van der Waals surface area contributed by atoms with E-state index in [2.05, 4.69) is 0 Å². The minimum atomic E-state index is -4.83. The molecule has 2 atom stereocenters. The Hall–Kier alpha value is 1.03. The van der Waals surface area contributed by atoms with Crippen molar-refractivity contribution in [2.45, 2.75) is 36.3 Å². The minimum absolute atomic E-state index is 0. The fourth-order valence-electron chi connectivity index (χ4n) is 1.74. The van der Waals surface area contributed by atoms with Gasteiger partial charge in [-0.05, 0) is 12.8 Å². The van der Waals surface area contributed by atoms with Gasteiger partial charge in [-0.1, -0.05) is 0 Å². The molecule has 1 heterocycles. The van der Waals surface area contributed by atoms with Crippen LogP contribution in [0.25, 0.3) is 0 Å². The van der Waals surface area contributed by atoms with Gasteiger partial charge < -0.3 is 17.4 Å². The van der Waals surface area contributed by atoms with E-state index in [0.29, 0.717) is 23.3 Å². The first-order valence-corrected chi connectivity index (χ1v) is 8.19. The molecular formula is C9H18Na2O8SSi. The van der Waals surface area contributed by atoms with E-state index in [0.717, 1.165) is 12.8 Å². The normalized spacial score (nSPS) is 23.3. The zero-order valence-electron chi connectivity index (χ0n) is 14.4. The van der Waals surface area contributed by atoms with Crippen molar-refractivity contribution in [3.63, 3.8) is 0 Å². The third kappa shape index (κ3) is 8.44. The van der Waals surface area contributed by atoms with Crippen molar-refractivity contribution in [1.29, 1.82) is 0 Å². The Morgan fingerprint density at radius 3 is 2.33 bits per heavy atom. The topological polar surface area (TPSA) is 127 Å². The summed E-state index contributed by atoms with van der Waals surface area (Å²) in [6.07, 6.45) is 0.982. The van der Waals surface area contributed by atoms with Crippen LogP contribution in [0.3, 0.4) is 0 Å². The van der Waals surface area contributed by atoms with Gasteiger partial charge in [0.25, 0.3) is 10.1 Å². The summed E-state index contributed by atoms with van der Waals surface area (Å²) in [6.45, 7) is 0.395. The van der Waals surface area contributed by atoms with Crippen molar-refractivity contribution >= 4 is 32.3 Å². The Bertz CT molecular complexity index is 472. The molecule has 0 aliphatic carbocycles. The molecule has 1 aliphatic rings. The molecule has 0 amide bonds. The number of carbonyl (C=O) groups is 2. The number of hydrogen-bond donors (Lipinski definition) is 2. The van der Waals surface area contributed by atoms with Crippen LogP contribution in [0.5, 0.6) is 0 Å². The summed E-state index contributed by atoms with van der Waals surface area (Å²) >= 11 is 0. The number of esters is 1. The summed E-state index contributed by atoms with van der Waals surface area (Å²) in [6, 6.07) is 0. The maximum atomic E-state index is 11.7. The van der Waals surface area contributed by atoms with Crippen LogP contribution in [-0.4, -0.2) is 57.5 Å². The van der Waals surface area contributed by atoms with Crippen LogP contribution >= 0.6 is 0 Å². The van der Waals surface area contributed by atoms with Gasteiger partial charge in [-0.15, -0.1) is 0 Å². The molecular weight excluding hydrogens is 342 g/mol. The summed E-state index contributed by atoms with van der Waals surface area (Å²) in [7, 11) is -4.51. The van der Waals surface area contributed by atoms with Crippen LogP contribution in [0.4, 0.5) is 0 Å². The minimum Gasteiger partial charge on any atom is -1.00 e. The third-order valence-electron chi connectivity index (χ3n) is 2.73. The number of carboxylic acids is 1. The van der Waals surface area contributed by atoms with Gasteiger partial charge in [0, 0.05) is 6.42 Å². The Morgan fingerprint density at radius 1 is 1.38 bits per heavy atom. The summed E-state index contributed by atoms with van der Waals surface area (Å²) in [5.74, 6) is -2.81. The maximum Gasteiger partial charge on any atom is 1.00 e. The molecule has 12 heteroatoms. The molecule has 0 saturated carbocycles. The molecule has 0 bridgehead atoms. The molecule has 2 unspecified atom stereocenters. The first-order valence-electron chi connectivity index (χ1n) is 5.69. The average molecular weight is 360 g/mol. The average Bonchev–Trinajstić information content (AvgIpc) is 2.24. The van der Waals surface area contributed by atoms with Crippen molar-refractivity contribution in [2.24, 2.45) is 0 Å². The molecule has 0 aromatic rings. The van der Waals surface area contributed by atoms with E-state index in [1.807, 2.05) is 0 Å². The second-order valence-corrected chi connectivity index (χ2v) is 7.58. The van der Waals surface area contributed by atoms with Gasteiger partial charge in [-0.2, -0.15) is 8.42 Å². The maximum absolute atomic E-state index is 11.7. The van der Waals surface area contributed by atoms with Crippen molar-refractivity contribution < 1.29 is 99.1 Å². The van der Waals surface area contributed by atoms with Crippen LogP contribution in [0.15, 0.2) is 0 Å². The predicted molar refractivity (Wildman–Crippen MR) is 68.4 cm³/mol. The van der Waals surface area contributed by atoms with Crippen molar-refractivity contribution in [2.75, 3.05) is 6.61 Å². The van der Waals surface area contributed by atoms with Gasteiger partial charge in [0.15, 0.2) is 10.7 Å². The Labute approximate surface area is 173 Å². The number of ether oxygens (including phenoxy) is 2. The molecule has 1 aliphatic heterocycles. The number of carbonyl (C=O) groups excluding carboxylic acids is 1. The fourth-order valence-corrected chi connectivity index (χ4v) is 3.14. The van der Waals surface area contributed by atoms with E-state index < -0.39 is 39.1 Å². The molecule has 0 aromatic carbocycles. The number of hydrogen-bond acceptors (Lipinski definition) is 6. The van der Waals surface area contributed by atoms with Gasteiger partial charge in [0.1, 0.15) is 0 Å². The SMILES string of the molecule is O=C(O)CC(C(=O)OC1([SiH3])CCCCO1)S(=O)(=O)O.[H-].[H-].[Na+].[Na+]. The monoisotopic (exact) mass is 360 g/mol. The zero-order valence-corrected chi connectivity index (χ0v) is 19.2. The van der Waals surface area contributed by atoms with Crippen LogP contribution in [0.1, 0.15) is 28.5 Å². The molecule has 0 spiro atoms. The van der Waals surface area contributed by atoms with E-state index in [-0.39, 0.29) is 62.0 Å².